The van der Waals surface area contributed by atoms with E-state index in [1.807, 2.05) is 70.5 Å². The van der Waals surface area contributed by atoms with Gasteiger partial charge in [-0.15, -0.1) is 0 Å². The predicted molar refractivity (Wildman–Crippen MR) is 161 cm³/mol. The smallest absolute Gasteiger partial charge is 0.253 e. The van der Waals surface area contributed by atoms with Gasteiger partial charge in [-0.25, -0.2) is 0 Å². The Bertz CT molecular complexity index is 1270. The maximum Gasteiger partial charge on any atom is 0.253 e. The van der Waals surface area contributed by atoms with Crippen molar-refractivity contribution in [2.75, 3.05) is 31.1 Å². The first-order valence-electron chi connectivity index (χ1n) is 14.9. The molecule has 1 unspecified atom stereocenters. The average molecular weight is 556 g/mol. The number of nitrogens with zero attached hydrogens (tertiary/aromatic N) is 2. The minimum Gasteiger partial charge on any atom is -0.494 e. The van der Waals surface area contributed by atoms with E-state index in [9.17, 15) is 14.7 Å². The minimum atomic E-state index is -0.370. The molecule has 41 heavy (non-hydrogen) atoms. The summed E-state index contributed by atoms with van der Waals surface area (Å²) in [5.41, 5.74) is 4.14. The Balaban J connectivity index is 0.996. The lowest BCUT2D eigenvalue weighted by atomic mass is 9.95. The molecular weight excluding hydrogens is 514 g/mol. The van der Waals surface area contributed by atoms with Crippen LogP contribution in [0.5, 0.6) is 5.75 Å². The molecule has 3 aromatic rings. The van der Waals surface area contributed by atoms with Crippen LogP contribution in [0.1, 0.15) is 60.0 Å². The quantitative estimate of drug-likeness (QED) is 0.309. The maximum atomic E-state index is 13.2. The van der Waals surface area contributed by atoms with E-state index in [0.717, 1.165) is 56.5 Å². The SMILES string of the molecule is O=C(c1ccc(OCCCCC(O)CNCc2ccccc2)cc1)N1CCC(N2C(=O)CCc3ccccc32)CC1. The van der Waals surface area contributed by atoms with Gasteiger partial charge in [0.25, 0.3) is 5.91 Å². The summed E-state index contributed by atoms with van der Waals surface area (Å²) in [7, 11) is 0. The summed E-state index contributed by atoms with van der Waals surface area (Å²) in [6.45, 7) is 3.19. The van der Waals surface area contributed by atoms with E-state index in [1.165, 1.54) is 11.1 Å². The van der Waals surface area contributed by atoms with Crippen LogP contribution in [0.2, 0.25) is 0 Å². The fourth-order valence-corrected chi connectivity index (χ4v) is 5.81. The van der Waals surface area contributed by atoms with Crippen LogP contribution in [0, 0.1) is 0 Å². The Morgan fingerprint density at radius 3 is 2.44 bits per heavy atom. The number of unbranched alkanes of at least 4 members (excludes halogenated alkanes) is 1. The van der Waals surface area contributed by atoms with Crippen LogP contribution in [-0.2, 0) is 17.8 Å². The molecule has 7 nitrogen and oxygen atoms in total. The van der Waals surface area contributed by atoms with Crippen molar-refractivity contribution < 1.29 is 19.4 Å². The molecular formula is C34H41N3O4. The summed E-state index contributed by atoms with van der Waals surface area (Å²) in [5.74, 6) is 0.957. The average Bonchev–Trinajstić information content (AvgIpc) is 3.01. The topological polar surface area (TPSA) is 82.1 Å². The summed E-state index contributed by atoms with van der Waals surface area (Å²) in [4.78, 5) is 29.8. The number of anilines is 1. The van der Waals surface area contributed by atoms with Gasteiger partial charge in [-0.05, 0) is 80.0 Å². The molecule has 2 amide bonds. The summed E-state index contributed by atoms with van der Waals surface area (Å²) < 4.78 is 5.87. The molecule has 0 aromatic heterocycles. The number of aliphatic hydroxyl groups excluding tert-OH is 1. The van der Waals surface area contributed by atoms with Crippen LogP contribution in [-0.4, -0.2) is 60.2 Å². The zero-order valence-corrected chi connectivity index (χ0v) is 23.7. The number of hydrogen-bond acceptors (Lipinski definition) is 5. The van der Waals surface area contributed by atoms with Crippen LogP contribution >= 0.6 is 0 Å². The number of fused-ring (bicyclic) bond motifs is 1. The minimum absolute atomic E-state index is 0.0234. The number of amides is 2. The van der Waals surface area contributed by atoms with Gasteiger partial charge in [0.15, 0.2) is 0 Å². The lowest BCUT2D eigenvalue weighted by Gasteiger charge is -2.41. The number of benzene rings is 3. The van der Waals surface area contributed by atoms with Crippen LogP contribution < -0.4 is 15.0 Å². The lowest BCUT2D eigenvalue weighted by Crippen LogP contribution is -2.50. The number of rotatable bonds is 12. The van der Waals surface area contributed by atoms with Crippen LogP contribution in [0.4, 0.5) is 5.69 Å². The molecule has 0 saturated carbocycles. The normalized spacial score (nSPS) is 16.4. The van der Waals surface area contributed by atoms with Gasteiger partial charge < -0.3 is 25.0 Å². The van der Waals surface area contributed by atoms with Crippen molar-refractivity contribution >= 4 is 17.5 Å². The van der Waals surface area contributed by atoms with Crippen molar-refractivity contribution in [3.63, 3.8) is 0 Å². The Morgan fingerprint density at radius 2 is 1.66 bits per heavy atom. The molecule has 0 bridgehead atoms. The third kappa shape index (κ3) is 7.75. The third-order valence-corrected chi connectivity index (χ3v) is 8.10. The second kappa shape index (κ2) is 14.3. The zero-order valence-electron chi connectivity index (χ0n) is 23.7. The van der Waals surface area contributed by atoms with Crippen LogP contribution in [0.15, 0.2) is 78.9 Å². The van der Waals surface area contributed by atoms with Crippen molar-refractivity contribution in [3.05, 3.63) is 95.6 Å². The Labute approximate surface area is 243 Å². The maximum absolute atomic E-state index is 13.2. The van der Waals surface area contributed by atoms with E-state index < -0.39 is 0 Å². The highest BCUT2D eigenvalue weighted by Crippen LogP contribution is 2.32. The van der Waals surface area contributed by atoms with E-state index in [0.29, 0.717) is 38.2 Å². The van der Waals surface area contributed by atoms with Gasteiger partial charge in [-0.1, -0.05) is 48.5 Å². The Kier molecular flexibility index (Phi) is 10.0. The van der Waals surface area contributed by atoms with Gasteiger partial charge in [0, 0.05) is 49.9 Å². The van der Waals surface area contributed by atoms with E-state index in [4.69, 9.17) is 4.74 Å². The van der Waals surface area contributed by atoms with Gasteiger partial charge in [0.2, 0.25) is 5.91 Å². The fraction of sp³-hybridized carbons (Fsp3) is 0.412. The van der Waals surface area contributed by atoms with Gasteiger partial charge in [0.05, 0.1) is 12.7 Å². The van der Waals surface area contributed by atoms with Crippen LogP contribution in [0.3, 0.4) is 0 Å². The van der Waals surface area contributed by atoms with Crippen molar-refractivity contribution in [1.29, 1.82) is 0 Å². The number of aliphatic hydroxyl groups is 1. The number of piperidine rings is 1. The van der Waals surface area contributed by atoms with Crippen molar-refractivity contribution in [2.24, 2.45) is 0 Å². The van der Waals surface area contributed by atoms with Gasteiger partial charge in [-0.3, -0.25) is 9.59 Å². The van der Waals surface area contributed by atoms with E-state index in [2.05, 4.69) is 23.5 Å². The molecule has 5 rings (SSSR count). The molecule has 1 atom stereocenters. The molecule has 0 spiro atoms. The first-order chi connectivity index (χ1) is 20.1. The van der Waals surface area contributed by atoms with Crippen molar-refractivity contribution in [1.82, 2.24) is 10.2 Å². The standard InChI is InChI=1S/C34H41N3O4/c38-30(25-35-24-26-8-2-1-3-9-26)11-6-7-23-41-31-16-13-28(14-17-31)34(40)36-21-19-29(20-22-36)37-32-12-5-4-10-27(32)15-18-33(37)39/h1-5,8-10,12-14,16-17,29-30,35,38H,6-7,11,15,18-25H2. The summed E-state index contributed by atoms with van der Waals surface area (Å²) in [5, 5.41) is 13.5. The van der Waals surface area contributed by atoms with Gasteiger partial charge in [-0.2, -0.15) is 0 Å². The van der Waals surface area contributed by atoms with E-state index in [-0.39, 0.29) is 24.0 Å². The number of hydrogen-bond donors (Lipinski definition) is 2. The molecule has 0 aliphatic carbocycles. The Morgan fingerprint density at radius 1 is 0.927 bits per heavy atom. The zero-order chi connectivity index (χ0) is 28.4. The molecule has 2 aliphatic heterocycles. The summed E-state index contributed by atoms with van der Waals surface area (Å²) in [6.07, 6.45) is 5.02. The number of nitrogens with one attached hydrogen (secondary N) is 1. The molecule has 7 heteroatoms. The number of likely N-dealkylation sites (tertiary alicyclic amines) is 1. The van der Waals surface area contributed by atoms with Gasteiger partial charge in [0.1, 0.15) is 5.75 Å². The summed E-state index contributed by atoms with van der Waals surface area (Å²) >= 11 is 0. The third-order valence-electron chi connectivity index (χ3n) is 8.10. The lowest BCUT2D eigenvalue weighted by molar-refractivity contribution is -0.119. The number of carbonyl (C=O) groups is 2. The molecule has 216 valence electrons. The van der Waals surface area contributed by atoms with Gasteiger partial charge >= 0.3 is 0 Å². The number of aryl methyl sites for hydroxylation is 1. The second-order valence-corrected chi connectivity index (χ2v) is 11.1. The highest BCUT2D eigenvalue weighted by molar-refractivity contribution is 5.97. The molecule has 3 aromatic carbocycles. The number of para-hydroxylation sites is 1. The number of carbonyl (C=O) groups excluding carboxylic acids is 2. The van der Waals surface area contributed by atoms with Crippen LogP contribution in [0.25, 0.3) is 0 Å². The molecule has 1 saturated heterocycles. The van der Waals surface area contributed by atoms with E-state index in [1.54, 1.807) is 0 Å². The Hall–Kier alpha value is -3.68. The number of ether oxygens (including phenoxy) is 1. The molecule has 0 radical (unpaired) electrons. The highest BCUT2D eigenvalue weighted by atomic mass is 16.5. The molecule has 2 aliphatic rings. The molecule has 2 heterocycles. The van der Waals surface area contributed by atoms with Crippen molar-refractivity contribution in [3.8, 4) is 5.75 Å². The highest BCUT2D eigenvalue weighted by Gasteiger charge is 2.33. The van der Waals surface area contributed by atoms with E-state index >= 15 is 0 Å². The monoisotopic (exact) mass is 555 g/mol. The largest absolute Gasteiger partial charge is 0.494 e. The fourth-order valence-electron chi connectivity index (χ4n) is 5.81. The first-order valence-corrected chi connectivity index (χ1v) is 14.9. The predicted octanol–water partition coefficient (Wildman–Crippen LogP) is 4.97. The summed E-state index contributed by atoms with van der Waals surface area (Å²) in [6, 6.07) is 25.9. The molecule has 2 N–H and O–H groups in total. The first kappa shape index (κ1) is 28.8. The second-order valence-electron chi connectivity index (χ2n) is 11.1. The van der Waals surface area contributed by atoms with Crippen molar-refractivity contribution in [2.45, 2.75) is 63.6 Å². The molecule has 1 fully saturated rings.